The van der Waals surface area contributed by atoms with Crippen LogP contribution in [-0.2, 0) is 9.59 Å². The second kappa shape index (κ2) is 9.69. The van der Waals surface area contributed by atoms with E-state index in [0.29, 0.717) is 30.0 Å². The number of rotatable bonds is 5. The number of amides is 2. The lowest BCUT2D eigenvalue weighted by Gasteiger charge is -2.50. The molecule has 2 amide bonds. The minimum absolute atomic E-state index is 0.0418. The molecule has 0 aromatic heterocycles. The zero-order valence-corrected chi connectivity index (χ0v) is 23.0. The molecular weight excluding hydrogens is 470 g/mol. The number of hydrogen-bond donors (Lipinski definition) is 1. The summed E-state index contributed by atoms with van der Waals surface area (Å²) in [4.78, 5) is 30.2. The number of thiocarbonyl (C=S) groups is 1. The van der Waals surface area contributed by atoms with Crippen molar-refractivity contribution in [3.63, 3.8) is 0 Å². The first-order chi connectivity index (χ1) is 16.9. The highest BCUT2D eigenvalue weighted by molar-refractivity contribution is 7.80. The molecule has 36 heavy (non-hydrogen) atoms. The van der Waals surface area contributed by atoms with Gasteiger partial charge in [0, 0.05) is 17.3 Å². The smallest absolute Gasteiger partial charge is 0.270 e. The van der Waals surface area contributed by atoms with Crippen LogP contribution in [0.15, 0.2) is 42.0 Å². The number of anilines is 2. The van der Waals surface area contributed by atoms with Crippen LogP contribution in [0.25, 0.3) is 6.08 Å². The predicted octanol–water partition coefficient (Wildman–Crippen LogP) is 5.73. The molecule has 0 bridgehead atoms. The number of fused-ring (bicyclic) bond motifs is 1. The lowest BCUT2D eigenvalue weighted by molar-refractivity contribution is -0.122. The van der Waals surface area contributed by atoms with Crippen LogP contribution in [0.3, 0.4) is 0 Å². The van der Waals surface area contributed by atoms with Crippen LogP contribution in [0.4, 0.5) is 11.4 Å². The third-order valence-electron chi connectivity index (χ3n) is 6.99. The second-order valence-corrected chi connectivity index (χ2v) is 10.9. The fourth-order valence-electron chi connectivity index (χ4n) is 5.65. The van der Waals surface area contributed by atoms with Crippen LogP contribution < -0.4 is 19.9 Å². The van der Waals surface area contributed by atoms with Crippen LogP contribution >= 0.6 is 12.2 Å². The van der Waals surface area contributed by atoms with E-state index < -0.39 is 11.8 Å². The largest absolute Gasteiger partial charge is 0.494 e. The van der Waals surface area contributed by atoms with E-state index in [1.807, 2.05) is 13.8 Å². The van der Waals surface area contributed by atoms with Gasteiger partial charge in [-0.2, -0.15) is 0 Å². The van der Waals surface area contributed by atoms with E-state index >= 15 is 0 Å². The third kappa shape index (κ3) is 4.64. The number of aryl methyl sites for hydroxylation is 1. The maximum Gasteiger partial charge on any atom is 0.270 e. The van der Waals surface area contributed by atoms with Crippen molar-refractivity contribution < 1.29 is 14.3 Å². The molecule has 2 aliphatic heterocycles. The van der Waals surface area contributed by atoms with Crippen LogP contribution in [0.5, 0.6) is 5.75 Å². The Labute approximate surface area is 219 Å². The monoisotopic (exact) mass is 505 g/mol. The minimum Gasteiger partial charge on any atom is -0.494 e. The van der Waals surface area contributed by atoms with Crippen LogP contribution in [0.2, 0.25) is 0 Å². The molecule has 1 N–H and O–H groups in total. The van der Waals surface area contributed by atoms with Crippen molar-refractivity contribution in [3.8, 4) is 5.75 Å². The Balaban J connectivity index is 1.74. The molecule has 6 nitrogen and oxygen atoms in total. The molecule has 2 aromatic rings. The standard InChI is InChI=1S/C29H35N3O3S/c1-8-35-22-11-9-21(10-12-22)31-27(34)24(26(33)30-28(31)36)15-20-14-23-19(5)16-29(6,7)32(17(2)3)25(23)13-18(20)4/h9-15,17,19H,8,16H2,1-7H3,(H,30,33,36)/b24-15+/t19-/m0/s1. The van der Waals surface area contributed by atoms with E-state index in [4.69, 9.17) is 17.0 Å². The summed E-state index contributed by atoms with van der Waals surface area (Å²) < 4.78 is 5.50. The lowest BCUT2D eigenvalue weighted by atomic mass is 9.78. The number of hydrogen-bond acceptors (Lipinski definition) is 5. The molecule has 0 saturated carbocycles. The zero-order chi connectivity index (χ0) is 26.4. The van der Waals surface area contributed by atoms with E-state index in [2.05, 4.69) is 57.0 Å². The van der Waals surface area contributed by atoms with Crippen LogP contribution in [0.1, 0.15) is 70.6 Å². The molecule has 0 spiro atoms. The quantitative estimate of drug-likeness (QED) is 0.320. The molecule has 0 radical (unpaired) electrons. The van der Waals surface area contributed by atoms with Crippen molar-refractivity contribution in [2.45, 2.75) is 72.4 Å². The van der Waals surface area contributed by atoms with Gasteiger partial charge in [0.15, 0.2) is 5.11 Å². The first-order valence-electron chi connectivity index (χ1n) is 12.5. The fourth-order valence-corrected chi connectivity index (χ4v) is 5.93. The van der Waals surface area contributed by atoms with Gasteiger partial charge in [-0.05, 0) is 125 Å². The summed E-state index contributed by atoms with van der Waals surface area (Å²) in [6.45, 7) is 15.8. The van der Waals surface area contributed by atoms with Gasteiger partial charge < -0.3 is 9.64 Å². The van der Waals surface area contributed by atoms with E-state index in [0.717, 1.165) is 17.5 Å². The maximum absolute atomic E-state index is 13.5. The van der Waals surface area contributed by atoms with Crippen molar-refractivity contribution in [1.82, 2.24) is 5.32 Å². The van der Waals surface area contributed by atoms with Gasteiger partial charge in [-0.25, -0.2) is 0 Å². The van der Waals surface area contributed by atoms with Gasteiger partial charge in [0.25, 0.3) is 11.8 Å². The number of benzene rings is 2. The number of carbonyl (C=O) groups is 2. The van der Waals surface area contributed by atoms with Crippen molar-refractivity contribution >= 4 is 46.6 Å². The summed E-state index contributed by atoms with van der Waals surface area (Å²) in [6.07, 6.45) is 2.72. The highest BCUT2D eigenvalue weighted by Crippen LogP contribution is 2.45. The molecular formula is C29H35N3O3S. The van der Waals surface area contributed by atoms with Crippen molar-refractivity contribution in [3.05, 3.63) is 58.7 Å². The normalized spacial score (nSPS) is 20.6. The Bertz CT molecular complexity index is 1250. The lowest BCUT2D eigenvalue weighted by Crippen LogP contribution is -2.54. The maximum atomic E-state index is 13.5. The highest BCUT2D eigenvalue weighted by Gasteiger charge is 2.38. The summed E-state index contributed by atoms with van der Waals surface area (Å²) in [5.41, 5.74) is 5.02. The Morgan fingerprint density at radius 1 is 1.19 bits per heavy atom. The van der Waals surface area contributed by atoms with Gasteiger partial charge in [-0.1, -0.05) is 6.92 Å². The molecule has 7 heteroatoms. The summed E-state index contributed by atoms with van der Waals surface area (Å²) in [6, 6.07) is 11.8. The molecule has 4 rings (SSSR count). The predicted molar refractivity (Wildman–Crippen MR) is 150 cm³/mol. The fraction of sp³-hybridized carbons (Fsp3) is 0.414. The average molecular weight is 506 g/mol. The molecule has 2 heterocycles. The average Bonchev–Trinajstić information content (AvgIpc) is 2.77. The number of nitrogens with one attached hydrogen (secondary N) is 1. The molecule has 1 saturated heterocycles. The number of ether oxygens (including phenoxy) is 1. The Kier molecular flexibility index (Phi) is 6.97. The van der Waals surface area contributed by atoms with Crippen molar-refractivity contribution in [1.29, 1.82) is 0 Å². The van der Waals surface area contributed by atoms with E-state index in [1.54, 1.807) is 30.3 Å². The van der Waals surface area contributed by atoms with E-state index in [9.17, 15) is 9.59 Å². The van der Waals surface area contributed by atoms with Gasteiger partial charge in [0.05, 0.1) is 12.3 Å². The number of carbonyl (C=O) groups excluding carboxylic acids is 2. The summed E-state index contributed by atoms with van der Waals surface area (Å²) in [5.74, 6) is 0.130. The molecule has 1 atom stereocenters. The topological polar surface area (TPSA) is 61.9 Å². The highest BCUT2D eigenvalue weighted by atomic mass is 32.1. The Morgan fingerprint density at radius 3 is 2.47 bits per heavy atom. The van der Waals surface area contributed by atoms with Crippen molar-refractivity contribution in [2.75, 3.05) is 16.4 Å². The molecule has 0 unspecified atom stereocenters. The summed E-state index contributed by atoms with van der Waals surface area (Å²) in [7, 11) is 0. The van der Waals surface area contributed by atoms with Gasteiger partial charge in [-0.15, -0.1) is 0 Å². The third-order valence-corrected chi connectivity index (χ3v) is 7.27. The van der Waals surface area contributed by atoms with E-state index in [-0.39, 0.29) is 16.2 Å². The zero-order valence-electron chi connectivity index (χ0n) is 22.1. The van der Waals surface area contributed by atoms with Gasteiger partial charge in [0.1, 0.15) is 11.3 Å². The van der Waals surface area contributed by atoms with Gasteiger partial charge in [0.2, 0.25) is 0 Å². The Hall–Kier alpha value is -3.19. The van der Waals surface area contributed by atoms with Crippen LogP contribution in [0, 0.1) is 6.92 Å². The summed E-state index contributed by atoms with van der Waals surface area (Å²) >= 11 is 5.35. The van der Waals surface area contributed by atoms with E-state index in [1.165, 1.54) is 16.2 Å². The first-order valence-corrected chi connectivity index (χ1v) is 12.9. The number of nitrogens with zero attached hydrogens (tertiary/aromatic N) is 2. The molecule has 2 aliphatic rings. The van der Waals surface area contributed by atoms with Gasteiger partial charge >= 0.3 is 0 Å². The first kappa shape index (κ1) is 25.9. The SMILES string of the molecule is CCOc1ccc(N2C(=O)/C(=C/c3cc4c(cc3C)N(C(C)C)C(C)(C)C[C@@H]4C)C(=O)NC2=S)cc1. The molecule has 1 fully saturated rings. The van der Waals surface area contributed by atoms with Gasteiger partial charge in [-0.3, -0.25) is 19.8 Å². The van der Waals surface area contributed by atoms with Crippen LogP contribution in [-0.4, -0.2) is 35.1 Å². The van der Waals surface area contributed by atoms with Crippen molar-refractivity contribution in [2.24, 2.45) is 0 Å². The minimum atomic E-state index is -0.484. The Morgan fingerprint density at radius 2 is 1.86 bits per heavy atom. The molecule has 0 aliphatic carbocycles. The summed E-state index contributed by atoms with van der Waals surface area (Å²) in [5, 5.41) is 2.75. The second-order valence-electron chi connectivity index (χ2n) is 10.5. The molecule has 190 valence electrons. The molecule has 2 aromatic carbocycles.